The number of amides is 2. The number of nitrogens with one attached hydrogen (secondary N) is 1. The summed E-state index contributed by atoms with van der Waals surface area (Å²) in [6, 6.07) is 9.52. The van der Waals surface area contributed by atoms with Gasteiger partial charge >= 0.3 is 6.18 Å². The van der Waals surface area contributed by atoms with Crippen molar-refractivity contribution in [2.45, 2.75) is 6.18 Å². The zero-order chi connectivity index (χ0) is 19.1. The molecule has 0 bridgehead atoms. The summed E-state index contributed by atoms with van der Waals surface area (Å²) in [7, 11) is 0. The number of anilines is 2. The van der Waals surface area contributed by atoms with Crippen molar-refractivity contribution in [3.63, 3.8) is 0 Å². The quantitative estimate of drug-likeness (QED) is 0.625. The van der Waals surface area contributed by atoms with Crippen molar-refractivity contribution in [1.29, 1.82) is 0 Å². The van der Waals surface area contributed by atoms with Crippen LogP contribution < -0.4 is 10.2 Å². The number of nitrogens with zero attached hydrogens (tertiary/aromatic N) is 1. The summed E-state index contributed by atoms with van der Waals surface area (Å²) in [6.07, 6.45) is -4.54. The molecule has 0 fully saturated rings. The first-order chi connectivity index (χ1) is 12.2. The molecule has 0 radical (unpaired) electrons. The van der Waals surface area contributed by atoms with E-state index in [2.05, 4.69) is 5.32 Å². The van der Waals surface area contributed by atoms with Crippen LogP contribution in [0.2, 0.25) is 0 Å². The van der Waals surface area contributed by atoms with Gasteiger partial charge in [-0.05, 0) is 36.4 Å². The Balaban J connectivity index is 1.90. The highest BCUT2D eigenvalue weighted by Gasteiger charge is 2.39. The van der Waals surface area contributed by atoms with Crippen molar-refractivity contribution in [2.75, 3.05) is 10.2 Å². The SMILES string of the molecule is O=C1C(Cl)=C(Nc2ccccc2O)C(=O)N1c1ccc(C(F)(F)F)cc1. The van der Waals surface area contributed by atoms with Crippen LogP contribution in [0.3, 0.4) is 0 Å². The van der Waals surface area contributed by atoms with Crippen LogP contribution in [0.1, 0.15) is 5.56 Å². The topological polar surface area (TPSA) is 69.6 Å². The molecule has 0 spiro atoms. The molecule has 0 unspecified atom stereocenters. The van der Waals surface area contributed by atoms with E-state index in [1.54, 1.807) is 12.1 Å². The molecule has 0 saturated heterocycles. The number of hydrogen-bond acceptors (Lipinski definition) is 4. The van der Waals surface area contributed by atoms with Crippen LogP contribution in [0.25, 0.3) is 0 Å². The summed E-state index contributed by atoms with van der Waals surface area (Å²) in [5.41, 5.74) is -1.10. The van der Waals surface area contributed by atoms with E-state index < -0.39 is 28.6 Å². The maximum atomic E-state index is 12.6. The van der Waals surface area contributed by atoms with Gasteiger partial charge in [-0.15, -0.1) is 0 Å². The summed E-state index contributed by atoms with van der Waals surface area (Å²) in [6.45, 7) is 0. The summed E-state index contributed by atoms with van der Waals surface area (Å²) >= 11 is 5.92. The third-order valence-electron chi connectivity index (χ3n) is 3.64. The molecule has 5 nitrogen and oxygen atoms in total. The maximum Gasteiger partial charge on any atom is 0.416 e. The van der Waals surface area contributed by atoms with Crippen molar-refractivity contribution in [1.82, 2.24) is 0 Å². The molecule has 0 aromatic heterocycles. The van der Waals surface area contributed by atoms with E-state index in [1.165, 1.54) is 12.1 Å². The fourth-order valence-electron chi connectivity index (χ4n) is 2.36. The molecule has 26 heavy (non-hydrogen) atoms. The van der Waals surface area contributed by atoms with Gasteiger partial charge in [-0.2, -0.15) is 13.2 Å². The second-order valence-corrected chi connectivity index (χ2v) is 5.70. The highest BCUT2D eigenvalue weighted by Crippen LogP contribution is 2.34. The van der Waals surface area contributed by atoms with Crippen LogP contribution in [0, 0.1) is 0 Å². The fourth-order valence-corrected chi connectivity index (χ4v) is 2.57. The van der Waals surface area contributed by atoms with Gasteiger partial charge in [0, 0.05) is 0 Å². The lowest BCUT2D eigenvalue weighted by atomic mass is 10.2. The molecular weight excluding hydrogens is 373 g/mol. The van der Waals surface area contributed by atoms with Crippen molar-refractivity contribution in [2.24, 2.45) is 0 Å². The van der Waals surface area contributed by atoms with Crippen LogP contribution in [0.5, 0.6) is 5.75 Å². The Labute approximate surface area is 150 Å². The largest absolute Gasteiger partial charge is 0.506 e. The molecule has 2 aromatic rings. The lowest BCUT2D eigenvalue weighted by Gasteiger charge is -2.16. The van der Waals surface area contributed by atoms with Crippen LogP contribution >= 0.6 is 11.6 Å². The number of imide groups is 1. The molecule has 0 atom stereocenters. The number of phenols is 1. The van der Waals surface area contributed by atoms with E-state index in [0.717, 1.165) is 24.3 Å². The molecule has 2 amide bonds. The summed E-state index contributed by atoms with van der Waals surface area (Å²) in [5.74, 6) is -1.89. The normalized spacial score (nSPS) is 15.0. The minimum absolute atomic E-state index is 0.0553. The second kappa shape index (κ2) is 6.38. The molecule has 1 aliphatic heterocycles. The van der Waals surface area contributed by atoms with E-state index in [-0.39, 0.29) is 22.8 Å². The first-order valence-corrected chi connectivity index (χ1v) is 7.59. The predicted octanol–water partition coefficient (Wildman–Crippen LogP) is 3.85. The number of carbonyl (C=O) groups excluding carboxylic acids is 2. The number of para-hydroxylation sites is 2. The Morgan fingerprint density at radius 2 is 1.58 bits per heavy atom. The molecule has 3 rings (SSSR count). The average molecular weight is 383 g/mol. The standard InChI is InChI=1S/C17H10ClF3N2O3/c18-13-14(22-11-3-1-2-4-12(11)24)16(26)23(15(13)25)10-7-5-9(6-8-10)17(19,20)21/h1-8,22,24H. The number of aromatic hydroxyl groups is 1. The number of rotatable bonds is 3. The van der Waals surface area contributed by atoms with Crippen LogP contribution in [0.15, 0.2) is 59.3 Å². The van der Waals surface area contributed by atoms with Crippen molar-refractivity contribution < 1.29 is 27.9 Å². The Kier molecular flexibility index (Phi) is 4.37. The highest BCUT2D eigenvalue weighted by molar-refractivity contribution is 6.53. The Hall–Kier alpha value is -3.00. The third kappa shape index (κ3) is 3.11. The van der Waals surface area contributed by atoms with Gasteiger partial charge in [0.15, 0.2) is 0 Å². The predicted molar refractivity (Wildman–Crippen MR) is 88.5 cm³/mol. The van der Waals surface area contributed by atoms with Crippen LogP contribution in [-0.2, 0) is 15.8 Å². The summed E-state index contributed by atoms with van der Waals surface area (Å²) in [4.78, 5) is 25.5. The van der Waals surface area contributed by atoms with Gasteiger partial charge < -0.3 is 10.4 Å². The molecule has 2 N–H and O–H groups in total. The lowest BCUT2D eigenvalue weighted by molar-refractivity contribution is -0.137. The first kappa shape index (κ1) is 17.8. The Morgan fingerprint density at radius 1 is 0.962 bits per heavy atom. The average Bonchev–Trinajstić information content (AvgIpc) is 2.80. The Bertz CT molecular complexity index is 924. The number of hydrogen-bond donors (Lipinski definition) is 2. The minimum atomic E-state index is -4.54. The van der Waals surface area contributed by atoms with E-state index in [4.69, 9.17) is 11.6 Å². The van der Waals surface area contributed by atoms with Crippen LogP contribution in [0.4, 0.5) is 24.5 Å². The van der Waals surface area contributed by atoms with Gasteiger partial charge in [0.05, 0.1) is 16.9 Å². The number of phenolic OH excluding ortho intramolecular Hbond substituents is 1. The zero-order valence-electron chi connectivity index (χ0n) is 12.8. The number of benzene rings is 2. The third-order valence-corrected chi connectivity index (χ3v) is 3.99. The Morgan fingerprint density at radius 3 is 2.15 bits per heavy atom. The number of alkyl halides is 3. The molecule has 9 heteroatoms. The summed E-state index contributed by atoms with van der Waals surface area (Å²) in [5, 5.41) is 11.9. The van der Waals surface area contributed by atoms with Gasteiger partial charge in [0.1, 0.15) is 16.5 Å². The van der Waals surface area contributed by atoms with Crippen LogP contribution in [-0.4, -0.2) is 16.9 Å². The van der Waals surface area contributed by atoms with Gasteiger partial charge in [-0.25, -0.2) is 4.90 Å². The van der Waals surface area contributed by atoms with Gasteiger partial charge in [0.2, 0.25) is 0 Å². The van der Waals surface area contributed by atoms with Crippen molar-refractivity contribution in [3.05, 3.63) is 64.8 Å². The molecule has 1 aliphatic rings. The number of carbonyl (C=O) groups is 2. The van der Waals surface area contributed by atoms with Crippen molar-refractivity contribution in [3.8, 4) is 5.75 Å². The molecule has 134 valence electrons. The van der Waals surface area contributed by atoms with E-state index in [9.17, 15) is 27.9 Å². The minimum Gasteiger partial charge on any atom is -0.506 e. The van der Waals surface area contributed by atoms with Gasteiger partial charge in [-0.1, -0.05) is 23.7 Å². The van der Waals surface area contributed by atoms with E-state index >= 15 is 0 Å². The van der Waals surface area contributed by atoms with E-state index in [1.807, 2.05) is 0 Å². The number of halogens is 4. The zero-order valence-corrected chi connectivity index (χ0v) is 13.6. The molecule has 0 saturated carbocycles. The summed E-state index contributed by atoms with van der Waals surface area (Å²) < 4.78 is 37.9. The van der Waals surface area contributed by atoms with Gasteiger partial charge in [-0.3, -0.25) is 9.59 Å². The molecular formula is C17H10ClF3N2O3. The molecule has 1 heterocycles. The van der Waals surface area contributed by atoms with Crippen molar-refractivity contribution >= 4 is 34.8 Å². The molecule has 0 aliphatic carbocycles. The molecule has 2 aromatic carbocycles. The monoisotopic (exact) mass is 382 g/mol. The second-order valence-electron chi connectivity index (χ2n) is 5.32. The van der Waals surface area contributed by atoms with E-state index in [0.29, 0.717) is 4.90 Å². The fraction of sp³-hybridized carbons (Fsp3) is 0.0588. The highest BCUT2D eigenvalue weighted by atomic mass is 35.5. The smallest absolute Gasteiger partial charge is 0.416 e. The first-order valence-electron chi connectivity index (χ1n) is 7.21. The van der Waals surface area contributed by atoms with Gasteiger partial charge in [0.25, 0.3) is 11.8 Å². The maximum absolute atomic E-state index is 12.6. The lowest BCUT2D eigenvalue weighted by Crippen LogP contribution is -2.32.